The molecule has 0 spiro atoms. The van der Waals surface area contributed by atoms with Gasteiger partial charge in [-0.25, -0.2) is 0 Å². The topological polar surface area (TPSA) is 18.5 Å². The van der Waals surface area contributed by atoms with Gasteiger partial charge in [-0.2, -0.15) is 0 Å². The van der Waals surface area contributed by atoms with E-state index in [0.29, 0.717) is 0 Å². The number of rotatable bonds is 14. The van der Waals surface area contributed by atoms with E-state index in [-0.39, 0.29) is 48.0 Å². The Hall–Kier alpha value is 0.200. The van der Waals surface area contributed by atoms with Gasteiger partial charge in [0.1, 0.15) is 26.3 Å². The van der Waals surface area contributed by atoms with Crippen LogP contribution in [0.5, 0.6) is 11.5 Å². The summed E-state index contributed by atoms with van der Waals surface area (Å²) in [5.41, 5.74) is 0. The van der Waals surface area contributed by atoms with Crippen LogP contribution in [-0.2, 0) is 0 Å². The second-order valence-electron chi connectivity index (χ2n) is 7.17. The first-order valence-corrected chi connectivity index (χ1v) is 10.6. The van der Waals surface area contributed by atoms with Crippen molar-refractivity contribution in [3.8, 4) is 11.5 Å². The van der Waals surface area contributed by atoms with E-state index in [2.05, 4.69) is 41.5 Å². The maximum atomic E-state index is 6.11. The molecule has 0 N–H and O–H groups in total. The lowest BCUT2D eigenvalue weighted by atomic mass is 10.3. The third-order valence-electron chi connectivity index (χ3n) is 6.52. The van der Waals surface area contributed by atoms with Gasteiger partial charge in [-0.05, 0) is 53.7 Å². The Balaban J connectivity index is 0. The first-order chi connectivity index (χ1) is 12.5. The highest BCUT2D eigenvalue weighted by molar-refractivity contribution is 5.39. The van der Waals surface area contributed by atoms with Crippen molar-refractivity contribution < 1.29 is 66.4 Å². The van der Waals surface area contributed by atoms with Crippen LogP contribution in [0.25, 0.3) is 0 Å². The van der Waals surface area contributed by atoms with Gasteiger partial charge in [-0.3, -0.25) is 0 Å². The molecule has 28 heavy (non-hydrogen) atoms. The second kappa shape index (κ2) is 16.0. The van der Waals surface area contributed by atoms with Crippen molar-refractivity contribution in [2.45, 2.75) is 41.5 Å². The molecule has 0 saturated heterocycles. The molecule has 1 rings (SSSR count). The van der Waals surface area contributed by atoms with Gasteiger partial charge in [0.15, 0.2) is 11.5 Å². The van der Waals surface area contributed by atoms with Crippen molar-refractivity contribution in [2.24, 2.45) is 0 Å². The fourth-order valence-corrected chi connectivity index (χ4v) is 3.68. The van der Waals surface area contributed by atoms with Crippen molar-refractivity contribution in [2.75, 3.05) is 65.6 Å². The second-order valence-corrected chi connectivity index (χ2v) is 7.17. The Bertz CT molecular complexity index is 446. The maximum Gasteiger partial charge on any atom is 0.161 e. The lowest BCUT2D eigenvalue weighted by molar-refractivity contribution is -0.923. The van der Waals surface area contributed by atoms with Crippen LogP contribution in [-0.4, -0.2) is 74.5 Å². The number of hydrogen-bond donors (Lipinski definition) is 0. The van der Waals surface area contributed by atoms with Gasteiger partial charge < -0.3 is 66.4 Å². The molecule has 166 valence electrons. The largest absolute Gasteiger partial charge is 1.00 e. The molecular formula is C22H42I2N2O2. The number of ether oxygens (including phenoxy) is 2. The molecule has 0 aliphatic rings. The van der Waals surface area contributed by atoms with E-state index in [1.165, 1.54) is 0 Å². The lowest BCUT2D eigenvalue weighted by Gasteiger charge is -2.36. The normalized spacial score (nSPS) is 11.4. The molecular weight excluding hydrogens is 578 g/mol. The molecule has 0 saturated carbocycles. The molecule has 0 aliphatic carbocycles. The number of quaternary nitrogens is 2. The van der Waals surface area contributed by atoms with E-state index in [1.807, 2.05) is 24.3 Å². The zero-order chi connectivity index (χ0) is 19.5. The molecule has 1 aromatic carbocycles. The van der Waals surface area contributed by atoms with Crippen molar-refractivity contribution in [1.82, 2.24) is 0 Å². The van der Waals surface area contributed by atoms with E-state index in [9.17, 15) is 0 Å². The van der Waals surface area contributed by atoms with Gasteiger partial charge in [0, 0.05) is 0 Å². The fourth-order valence-electron chi connectivity index (χ4n) is 3.68. The number of nitrogens with zero attached hydrogens (tertiary/aromatic N) is 2. The first kappa shape index (κ1) is 30.4. The average Bonchev–Trinajstić information content (AvgIpc) is 2.70. The minimum atomic E-state index is 0. The lowest BCUT2D eigenvalue weighted by Crippen LogP contribution is -3.00. The van der Waals surface area contributed by atoms with Crippen LogP contribution in [0.2, 0.25) is 0 Å². The van der Waals surface area contributed by atoms with Crippen LogP contribution in [0, 0.1) is 0 Å². The zero-order valence-corrected chi connectivity index (χ0v) is 23.2. The van der Waals surface area contributed by atoms with E-state index in [4.69, 9.17) is 9.47 Å². The van der Waals surface area contributed by atoms with Gasteiger partial charge in [0.2, 0.25) is 0 Å². The number of hydrogen-bond acceptors (Lipinski definition) is 2. The Kier molecular flexibility index (Phi) is 17.3. The molecule has 0 bridgehead atoms. The van der Waals surface area contributed by atoms with Gasteiger partial charge in [0.25, 0.3) is 0 Å². The predicted molar refractivity (Wildman–Crippen MR) is 111 cm³/mol. The summed E-state index contributed by atoms with van der Waals surface area (Å²) in [5, 5.41) is 0. The summed E-state index contributed by atoms with van der Waals surface area (Å²) in [5.74, 6) is 1.74. The van der Waals surface area contributed by atoms with Crippen molar-refractivity contribution in [3.05, 3.63) is 24.3 Å². The van der Waals surface area contributed by atoms with Crippen LogP contribution < -0.4 is 57.4 Å². The highest BCUT2D eigenvalue weighted by Crippen LogP contribution is 2.26. The summed E-state index contributed by atoms with van der Waals surface area (Å²) < 4.78 is 14.4. The number of likely N-dealkylation sites (N-methyl/N-ethyl adjacent to an activating group) is 2. The summed E-state index contributed by atoms with van der Waals surface area (Å²) in [6.07, 6.45) is 0. The first-order valence-electron chi connectivity index (χ1n) is 10.6. The highest BCUT2D eigenvalue weighted by atomic mass is 127. The monoisotopic (exact) mass is 620 g/mol. The summed E-state index contributed by atoms with van der Waals surface area (Å²) in [4.78, 5) is 0. The van der Waals surface area contributed by atoms with Crippen molar-refractivity contribution >= 4 is 0 Å². The van der Waals surface area contributed by atoms with Crippen LogP contribution in [0.15, 0.2) is 24.3 Å². The zero-order valence-electron chi connectivity index (χ0n) is 18.8. The van der Waals surface area contributed by atoms with E-state index >= 15 is 0 Å². The van der Waals surface area contributed by atoms with E-state index in [0.717, 1.165) is 86.0 Å². The molecule has 0 atom stereocenters. The Morgan fingerprint density at radius 2 is 0.857 bits per heavy atom. The van der Waals surface area contributed by atoms with Crippen LogP contribution in [0.1, 0.15) is 41.5 Å². The van der Waals surface area contributed by atoms with Crippen LogP contribution in [0.4, 0.5) is 0 Å². The average molecular weight is 620 g/mol. The Morgan fingerprint density at radius 3 is 1.11 bits per heavy atom. The summed E-state index contributed by atoms with van der Waals surface area (Å²) >= 11 is 0. The molecule has 4 nitrogen and oxygen atoms in total. The molecule has 0 aliphatic heterocycles. The third-order valence-corrected chi connectivity index (χ3v) is 6.52. The predicted octanol–water partition coefficient (Wildman–Crippen LogP) is -1.79. The van der Waals surface area contributed by atoms with Crippen molar-refractivity contribution in [1.29, 1.82) is 0 Å². The Morgan fingerprint density at radius 1 is 0.571 bits per heavy atom. The Labute approximate surface area is 208 Å². The van der Waals surface area contributed by atoms with Crippen LogP contribution >= 0.6 is 0 Å². The molecule has 0 amide bonds. The minimum Gasteiger partial charge on any atom is -1.00 e. The van der Waals surface area contributed by atoms with Gasteiger partial charge in [-0.1, -0.05) is 12.1 Å². The molecule has 0 unspecified atom stereocenters. The molecule has 0 fully saturated rings. The van der Waals surface area contributed by atoms with Crippen molar-refractivity contribution in [3.63, 3.8) is 0 Å². The third kappa shape index (κ3) is 8.92. The van der Waals surface area contributed by atoms with Gasteiger partial charge >= 0.3 is 0 Å². The number of benzene rings is 1. The molecule has 0 heterocycles. The maximum absolute atomic E-state index is 6.11. The van der Waals surface area contributed by atoms with E-state index in [1.54, 1.807) is 0 Å². The highest BCUT2D eigenvalue weighted by Gasteiger charge is 2.22. The SMILES string of the molecule is CC[N+](CC)(CC)CCOc1ccccc1OCC[N+](CC)(CC)CC.[I-].[I-]. The van der Waals surface area contributed by atoms with Gasteiger partial charge in [-0.15, -0.1) is 0 Å². The number of halogens is 2. The summed E-state index contributed by atoms with van der Waals surface area (Å²) in [7, 11) is 0. The summed E-state index contributed by atoms with van der Waals surface area (Å²) in [6, 6.07) is 8.09. The smallest absolute Gasteiger partial charge is 0.161 e. The quantitative estimate of drug-likeness (QED) is 0.181. The summed E-state index contributed by atoms with van der Waals surface area (Å²) in [6.45, 7) is 24.1. The fraction of sp³-hybridized carbons (Fsp3) is 0.727. The standard InChI is InChI=1S/C22H42N2O2.2HI/c1-7-23(8-2,9-3)17-19-25-21-15-13-14-16-22(21)26-20-18-24(10-4,11-5)12-6;;/h13-16H,7-12,17-20H2,1-6H3;2*1H/q+2;;/p-2. The van der Waals surface area contributed by atoms with Gasteiger partial charge in [0.05, 0.1) is 39.3 Å². The number of para-hydroxylation sites is 2. The molecule has 0 radical (unpaired) electrons. The minimum absolute atomic E-state index is 0. The molecule has 1 aromatic rings. The van der Waals surface area contributed by atoms with E-state index < -0.39 is 0 Å². The van der Waals surface area contributed by atoms with Crippen LogP contribution in [0.3, 0.4) is 0 Å². The molecule has 6 heteroatoms. The molecule has 0 aromatic heterocycles.